The molecule has 0 saturated heterocycles. The first kappa shape index (κ1) is 17.6. The second-order valence-electron chi connectivity index (χ2n) is 7.16. The fraction of sp³-hybridized carbons (Fsp3) is 0.208. The van der Waals surface area contributed by atoms with Gasteiger partial charge in [0.25, 0.3) is 0 Å². The second kappa shape index (κ2) is 7.17. The molecule has 0 radical (unpaired) electrons. The van der Waals surface area contributed by atoms with Gasteiger partial charge in [-0.1, -0.05) is 30.3 Å². The first-order valence-electron chi connectivity index (χ1n) is 9.66. The van der Waals surface area contributed by atoms with E-state index in [4.69, 9.17) is 19.3 Å². The molecule has 146 valence electrons. The van der Waals surface area contributed by atoms with Gasteiger partial charge in [0.1, 0.15) is 17.2 Å². The third kappa shape index (κ3) is 3.09. The van der Waals surface area contributed by atoms with Crippen molar-refractivity contribution in [2.24, 2.45) is 5.10 Å². The van der Waals surface area contributed by atoms with Crippen LogP contribution in [0, 0.1) is 0 Å². The van der Waals surface area contributed by atoms with Crippen LogP contribution in [0.3, 0.4) is 0 Å². The number of hydrogen-bond donors (Lipinski definition) is 0. The van der Waals surface area contributed by atoms with Gasteiger partial charge < -0.3 is 14.2 Å². The average Bonchev–Trinajstić information content (AvgIpc) is 3.24. The molecule has 5 rings (SSSR count). The zero-order valence-electron chi connectivity index (χ0n) is 16.4. The molecular formula is C24H22N2O3. The molecule has 0 aliphatic carbocycles. The Labute approximate surface area is 170 Å². The molecule has 0 amide bonds. The summed E-state index contributed by atoms with van der Waals surface area (Å²) in [5.74, 6) is 2.57. The van der Waals surface area contributed by atoms with Crippen molar-refractivity contribution in [3.63, 3.8) is 0 Å². The minimum Gasteiger partial charge on any atom is -0.497 e. The highest BCUT2D eigenvalue weighted by Crippen LogP contribution is 2.47. The highest BCUT2D eigenvalue weighted by atomic mass is 16.5. The lowest BCUT2D eigenvalue weighted by molar-refractivity contribution is -0.0190. The summed E-state index contributed by atoms with van der Waals surface area (Å²) in [7, 11) is 3.35. The van der Waals surface area contributed by atoms with Crippen molar-refractivity contribution in [2.75, 3.05) is 14.2 Å². The summed E-state index contributed by atoms with van der Waals surface area (Å²) < 4.78 is 17.1. The Bertz CT molecular complexity index is 1060. The summed E-state index contributed by atoms with van der Waals surface area (Å²) in [6, 6.07) is 24.4. The Kier molecular flexibility index (Phi) is 4.35. The van der Waals surface area contributed by atoms with Gasteiger partial charge in [-0.05, 0) is 42.5 Å². The van der Waals surface area contributed by atoms with Crippen LogP contribution in [-0.2, 0) is 0 Å². The van der Waals surface area contributed by atoms with Gasteiger partial charge in [0.15, 0.2) is 0 Å². The predicted octanol–water partition coefficient (Wildman–Crippen LogP) is 4.95. The van der Waals surface area contributed by atoms with Crippen LogP contribution in [0.25, 0.3) is 0 Å². The van der Waals surface area contributed by atoms with E-state index < -0.39 is 0 Å². The number of benzene rings is 3. The summed E-state index contributed by atoms with van der Waals surface area (Å²) in [4.78, 5) is 0. The molecule has 0 spiro atoms. The quantitative estimate of drug-likeness (QED) is 0.637. The van der Waals surface area contributed by atoms with Crippen molar-refractivity contribution in [2.45, 2.75) is 18.7 Å². The first-order chi connectivity index (χ1) is 14.3. The summed E-state index contributed by atoms with van der Waals surface area (Å²) in [5, 5.41) is 7.08. The van der Waals surface area contributed by atoms with E-state index in [9.17, 15) is 0 Å². The van der Waals surface area contributed by atoms with Crippen LogP contribution in [0.15, 0.2) is 77.9 Å². The van der Waals surface area contributed by atoms with Crippen molar-refractivity contribution < 1.29 is 14.2 Å². The number of nitrogens with zero attached hydrogens (tertiary/aromatic N) is 2. The van der Waals surface area contributed by atoms with Gasteiger partial charge in [-0.2, -0.15) is 5.10 Å². The molecule has 2 aliphatic heterocycles. The van der Waals surface area contributed by atoms with Crippen molar-refractivity contribution in [1.82, 2.24) is 5.01 Å². The fourth-order valence-corrected chi connectivity index (χ4v) is 4.00. The van der Waals surface area contributed by atoms with E-state index in [2.05, 4.69) is 23.2 Å². The molecule has 0 aromatic heterocycles. The van der Waals surface area contributed by atoms with E-state index in [0.717, 1.165) is 40.5 Å². The number of rotatable bonds is 4. The molecule has 2 atom stereocenters. The van der Waals surface area contributed by atoms with Crippen LogP contribution in [0.5, 0.6) is 17.2 Å². The van der Waals surface area contributed by atoms with Gasteiger partial charge in [0.2, 0.25) is 6.23 Å². The minimum atomic E-state index is -0.288. The Morgan fingerprint density at radius 3 is 2.48 bits per heavy atom. The third-order valence-corrected chi connectivity index (χ3v) is 5.50. The number of ether oxygens (including phenoxy) is 3. The second-order valence-corrected chi connectivity index (χ2v) is 7.16. The average molecular weight is 386 g/mol. The number of fused-ring (bicyclic) bond motifs is 3. The van der Waals surface area contributed by atoms with Crippen molar-refractivity contribution in [3.05, 3.63) is 89.5 Å². The first-order valence-corrected chi connectivity index (χ1v) is 9.66. The van der Waals surface area contributed by atoms with E-state index >= 15 is 0 Å². The molecule has 3 aromatic rings. The van der Waals surface area contributed by atoms with Crippen molar-refractivity contribution >= 4 is 5.71 Å². The SMILES string of the molecule is COc1ccc([C@@H]2Oc3ccccc3[C@@H]3CC(c4cccc(OC)c4)=NN32)cc1. The van der Waals surface area contributed by atoms with Gasteiger partial charge in [-0.3, -0.25) is 0 Å². The maximum absolute atomic E-state index is 6.39. The fourth-order valence-electron chi connectivity index (χ4n) is 4.00. The molecule has 0 fully saturated rings. The summed E-state index contributed by atoms with van der Waals surface area (Å²) in [6.07, 6.45) is 0.532. The molecule has 2 aliphatic rings. The monoisotopic (exact) mass is 386 g/mol. The number of hydrazone groups is 1. The van der Waals surface area contributed by atoms with Crippen LogP contribution in [0.1, 0.15) is 35.4 Å². The molecule has 0 unspecified atom stereocenters. The van der Waals surface area contributed by atoms with Gasteiger partial charge in [0, 0.05) is 23.1 Å². The Hall–Kier alpha value is -3.47. The van der Waals surface area contributed by atoms with Gasteiger partial charge >= 0.3 is 0 Å². The number of hydrogen-bond acceptors (Lipinski definition) is 5. The highest BCUT2D eigenvalue weighted by Gasteiger charge is 2.40. The molecule has 0 bridgehead atoms. The standard InChI is InChI=1S/C24H22N2O3/c1-27-18-12-10-16(11-13-18)24-26-22(20-8-3-4-9-23(20)29-24)15-21(25-26)17-6-5-7-19(14-17)28-2/h3-14,22,24H,15H2,1-2H3/t22-,24-/m0/s1. The van der Waals surface area contributed by atoms with Gasteiger partial charge in [0.05, 0.1) is 26.0 Å². The number of methoxy groups -OCH3 is 2. The van der Waals surface area contributed by atoms with E-state index in [1.165, 1.54) is 5.56 Å². The Balaban J connectivity index is 1.56. The summed E-state index contributed by atoms with van der Waals surface area (Å²) in [5.41, 5.74) is 4.32. The van der Waals surface area contributed by atoms with Crippen molar-refractivity contribution in [1.29, 1.82) is 0 Å². The van der Waals surface area contributed by atoms with E-state index in [0.29, 0.717) is 0 Å². The smallest absolute Gasteiger partial charge is 0.213 e. The third-order valence-electron chi connectivity index (χ3n) is 5.50. The molecule has 5 nitrogen and oxygen atoms in total. The Morgan fingerprint density at radius 1 is 0.897 bits per heavy atom. The molecular weight excluding hydrogens is 364 g/mol. The lowest BCUT2D eigenvalue weighted by atomic mass is 9.96. The van der Waals surface area contributed by atoms with Crippen LogP contribution < -0.4 is 14.2 Å². The molecule has 29 heavy (non-hydrogen) atoms. The van der Waals surface area contributed by atoms with Crippen LogP contribution in [-0.4, -0.2) is 24.9 Å². The normalized spacial score (nSPS) is 19.7. The molecule has 0 N–H and O–H groups in total. The largest absolute Gasteiger partial charge is 0.497 e. The number of para-hydroxylation sites is 1. The highest BCUT2D eigenvalue weighted by molar-refractivity contribution is 6.02. The summed E-state index contributed by atoms with van der Waals surface area (Å²) >= 11 is 0. The molecule has 2 heterocycles. The van der Waals surface area contributed by atoms with Crippen LogP contribution >= 0.6 is 0 Å². The van der Waals surface area contributed by atoms with Crippen molar-refractivity contribution in [3.8, 4) is 17.2 Å². The van der Waals surface area contributed by atoms with E-state index in [1.807, 2.05) is 54.6 Å². The van der Waals surface area contributed by atoms with Crippen LogP contribution in [0.2, 0.25) is 0 Å². The molecule has 3 aromatic carbocycles. The molecule has 5 heteroatoms. The topological polar surface area (TPSA) is 43.3 Å². The van der Waals surface area contributed by atoms with E-state index in [1.54, 1.807) is 14.2 Å². The zero-order valence-corrected chi connectivity index (χ0v) is 16.4. The lowest BCUT2D eigenvalue weighted by Crippen LogP contribution is -2.33. The van der Waals surface area contributed by atoms with Crippen LogP contribution in [0.4, 0.5) is 0 Å². The van der Waals surface area contributed by atoms with E-state index in [-0.39, 0.29) is 12.3 Å². The van der Waals surface area contributed by atoms with Gasteiger partial charge in [-0.25, -0.2) is 5.01 Å². The predicted molar refractivity (Wildman–Crippen MR) is 112 cm³/mol. The lowest BCUT2D eigenvalue weighted by Gasteiger charge is -2.38. The Morgan fingerprint density at radius 2 is 1.69 bits per heavy atom. The zero-order chi connectivity index (χ0) is 19.8. The maximum Gasteiger partial charge on any atom is 0.213 e. The summed E-state index contributed by atoms with van der Waals surface area (Å²) in [6.45, 7) is 0. The van der Waals surface area contributed by atoms with Gasteiger partial charge in [-0.15, -0.1) is 0 Å². The maximum atomic E-state index is 6.39. The minimum absolute atomic E-state index is 0.133. The molecule has 0 saturated carbocycles.